The number of amides is 1. The number of rotatable bonds is 9. The molecule has 0 aliphatic carbocycles. The Balaban J connectivity index is 2.76. The fourth-order valence-electron chi connectivity index (χ4n) is 1.71. The van der Waals surface area contributed by atoms with Gasteiger partial charge >= 0.3 is 5.97 Å². The number of pyridine rings is 1. The second-order valence-electron chi connectivity index (χ2n) is 6.28. The van der Waals surface area contributed by atoms with Crippen molar-refractivity contribution in [1.29, 1.82) is 0 Å². The van der Waals surface area contributed by atoms with Crippen LogP contribution in [0.3, 0.4) is 0 Å². The van der Waals surface area contributed by atoms with Gasteiger partial charge in [0.05, 0.1) is 17.8 Å². The summed E-state index contributed by atoms with van der Waals surface area (Å²) < 4.78 is 10.9. The average Bonchev–Trinajstić information content (AvgIpc) is 2.57. The third-order valence-electron chi connectivity index (χ3n) is 2.99. The highest BCUT2D eigenvalue weighted by molar-refractivity contribution is 5.96. The van der Waals surface area contributed by atoms with Crippen LogP contribution in [0.25, 0.3) is 0 Å². The van der Waals surface area contributed by atoms with Crippen molar-refractivity contribution < 1.29 is 24.2 Å². The van der Waals surface area contributed by atoms with E-state index in [1.807, 2.05) is 0 Å². The van der Waals surface area contributed by atoms with Gasteiger partial charge in [-0.25, -0.2) is 9.78 Å². The zero-order valence-electron chi connectivity index (χ0n) is 15.2. The number of ether oxygens (including phenoxy) is 2. The summed E-state index contributed by atoms with van der Waals surface area (Å²) in [6.45, 7) is 12.4. The molecule has 7 nitrogen and oxygen atoms in total. The molecule has 0 aliphatic heterocycles. The minimum absolute atomic E-state index is 0.145. The van der Waals surface area contributed by atoms with Crippen molar-refractivity contribution in [2.45, 2.75) is 32.4 Å². The van der Waals surface area contributed by atoms with Crippen LogP contribution in [0, 0.1) is 0 Å². The molecule has 0 saturated carbocycles. The molecule has 1 unspecified atom stereocenters. The molecular formula is C19H24N2O5. The molecular weight excluding hydrogens is 336 g/mol. The first-order valence-corrected chi connectivity index (χ1v) is 7.93. The lowest BCUT2D eigenvalue weighted by Gasteiger charge is -2.23. The van der Waals surface area contributed by atoms with Crippen LogP contribution in [0.5, 0.6) is 5.88 Å². The van der Waals surface area contributed by atoms with Crippen LogP contribution in [0.15, 0.2) is 55.5 Å². The van der Waals surface area contributed by atoms with Crippen molar-refractivity contribution >= 4 is 11.9 Å². The summed E-state index contributed by atoms with van der Waals surface area (Å²) in [7, 11) is 0. The van der Waals surface area contributed by atoms with E-state index in [1.54, 1.807) is 32.9 Å². The normalized spacial score (nSPS) is 12.8. The predicted octanol–water partition coefficient (Wildman–Crippen LogP) is 2.71. The number of carbonyl (C=O) groups excluding carboxylic acids is 1. The molecule has 26 heavy (non-hydrogen) atoms. The van der Waals surface area contributed by atoms with E-state index in [-0.39, 0.29) is 18.1 Å². The Bertz CT molecular complexity index is 687. The number of carboxylic acid groups (broad SMARTS) is 1. The number of hydrogen-bond acceptors (Lipinski definition) is 5. The standard InChI is InChI=1S/C19H24N2O5/c1-6-8-14(7-2)26-16-10-9-13(11-20-16)17(22)21-15(18(23)24)12-25-19(3,4)5/h6-11,15H,1-2,12H2,3-5H3,(H,21,22)(H,23,24)/b14-8+. The zero-order chi connectivity index (χ0) is 19.7. The molecule has 7 heteroatoms. The first kappa shape index (κ1) is 21.1. The molecule has 0 aliphatic rings. The second-order valence-corrected chi connectivity index (χ2v) is 6.28. The van der Waals surface area contributed by atoms with Gasteiger partial charge in [-0.05, 0) is 39.0 Å². The average molecular weight is 360 g/mol. The molecule has 1 atom stereocenters. The van der Waals surface area contributed by atoms with Gasteiger partial charge in [-0.15, -0.1) is 0 Å². The minimum Gasteiger partial charge on any atom is -0.480 e. The number of nitrogens with zero attached hydrogens (tertiary/aromatic N) is 1. The van der Waals surface area contributed by atoms with Gasteiger partial charge in [-0.2, -0.15) is 0 Å². The van der Waals surface area contributed by atoms with Crippen LogP contribution >= 0.6 is 0 Å². The summed E-state index contributed by atoms with van der Waals surface area (Å²) in [4.78, 5) is 27.5. The fourth-order valence-corrected chi connectivity index (χ4v) is 1.71. The summed E-state index contributed by atoms with van der Waals surface area (Å²) >= 11 is 0. The van der Waals surface area contributed by atoms with Gasteiger partial charge < -0.3 is 19.9 Å². The Morgan fingerprint density at radius 1 is 1.35 bits per heavy atom. The summed E-state index contributed by atoms with van der Waals surface area (Å²) in [6, 6.07) is 1.81. The molecule has 0 saturated heterocycles. The number of carboxylic acids is 1. The summed E-state index contributed by atoms with van der Waals surface area (Å²) in [5.41, 5.74) is -0.312. The van der Waals surface area contributed by atoms with E-state index in [4.69, 9.17) is 9.47 Å². The number of aliphatic carboxylic acids is 1. The first-order valence-electron chi connectivity index (χ1n) is 7.93. The van der Waals surface area contributed by atoms with E-state index < -0.39 is 23.5 Å². The van der Waals surface area contributed by atoms with Crippen molar-refractivity contribution in [2.75, 3.05) is 6.61 Å². The van der Waals surface area contributed by atoms with E-state index in [9.17, 15) is 14.7 Å². The highest BCUT2D eigenvalue weighted by atomic mass is 16.5. The first-order chi connectivity index (χ1) is 12.2. The summed E-state index contributed by atoms with van der Waals surface area (Å²) in [5.74, 6) is -1.03. The quantitative estimate of drug-likeness (QED) is 0.519. The molecule has 140 valence electrons. The SMILES string of the molecule is C=C/C=C(\C=C)Oc1ccc(C(=O)NC(COC(C)(C)C)C(=O)O)cn1. The number of carbonyl (C=O) groups is 2. The van der Waals surface area contributed by atoms with Crippen LogP contribution < -0.4 is 10.1 Å². The molecule has 0 radical (unpaired) electrons. The molecule has 0 spiro atoms. The smallest absolute Gasteiger partial charge is 0.328 e. The molecule has 1 amide bonds. The molecule has 1 heterocycles. The van der Waals surface area contributed by atoms with Gasteiger partial charge in [0, 0.05) is 12.3 Å². The van der Waals surface area contributed by atoms with Crippen molar-refractivity contribution in [3.8, 4) is 5.88 Å². The third-order valence-corrected chi connectivity index (χ3v) is 2.99. The van der Waals surface area contributed by atoms with E-state index >= 15 is 0 Å². The Labute approximate surface area is 153 Å². The maximum atomic E-state index is 12.2. The maximum Gasteiger partial charge on any atom is 0.328 e. The van der Waals surface area contributed by atoms with Gasteiger partial charge in [0.25, 0.3) is 5.91 Å². The highest BCUT2D eigenvalue weighted by Gasteiger charge is 2.23. The van der Waals surface area contributed by atoms with Gasteiger partial charge in [0.15, 0.2) is 6.04 Å². The zero-order valence-corrected chi connectivity index (χ0v) is 15.2. The lowest BCUT2D eigenvalue weighted by Crippen LogP contribution is -2.45. The number of hydrogen-bond donors (Lipinski definition) is 2. The molecule has 1 aromatic heterocycles. The van der Waals surface area contributed by atoms with Gasteiger partial charge in [-0.1, -0.05) is 19.2 Å². The third kappa shape index (κ3) is 7.31. The Hall–Kier alpha value is -2.93. The van der Waals surface area contributed by atoms with Crippen molar-refractivity contribution in [1.82, 2.24) is 10.3 Å². The Morgan fingerprint density at radius 3 is 2.50 bits per heavy atom. The number of nitrogens with one attached hydrogen (secondary N) is 1. The number of allylic oxidation sites excluding steroid dienone is 3. The molecule has 0 aromatic carbocycles. The van der Waals surface area contributed by atoms with E-state index in [1.165, 1.54) is 24.4 Å². The van der Waals surface area contributed by atoms with E-state index in [0.29, 0.717) is 5.76 Å². The maximum absolute atomic E-state index is 12.2. The van der Waals surface area contributed by atoms with E-state index in [2.05, 4.69) is 23.5 Å². The van der Waals surface area contributed by atoms with Crippen LogP contribution in [-0.4, -0.2) is 40.2 Å². The molecule has 0 bridgehead atoms. The topological polar surface area (TPSA) is 97.8 Å². The Morgan fingerprint density at radius 2 is 2.04 bits per heavy atom. The number of aromatic nitrogens is 1. The molecule has 1 aromatic rings. The van der Waals surface area contributed by atoms with Crippen LogP contribution in [0.4, 0.5) is 0 Å². The van der Waals surface area contributed by atoms with Gasteiger partial charge in [0.1, 0.15) is 5.76 Å². The largest absolute Gasteiger partial charge is 0.480 e. The van der Waals surface area contributed by atoms with Crippen LogP contribution in [0.2, 0.25) is 0 Å². The lowest BCUT2D eigenvalue weighted by atomic mass is 10.2. The van der Waals surface area contributed by atoms with Crippen LogP contribution in [-0.2, 0) is 9.53 Å². The second kappa shape index (κ2) is 9.53. The van der Waals surface area contributed by atoms with E-state index in [0.717, 1.165) is 0 Å². The lowest BCUT2D eigenvalue weighted by molar-refractivity contribution is -0.142. The highest BCUT2D eigenvalue weighted by Crippen LogP contribution is 2.12. The van der Waals surface area contributed by atoms with Gasteiger partial charge in [0.2, 0.25) is 5.88 Å². The molecule has 2 N–H and O–H groups in total. The Kier molecular flexibility index (Phi) is 7.74. The monoisotopic (exact) mass is 360 g/mol. The summed E-state index contributed by atoms with van der Waals surface area (Å²) in [6.07, 6.45) is 5.95. The van der Waals surface area contributed by atoms with Crippen molar-refractivity contribution in [2.24, 2.45) is 0 Å². The van der Waals surface area contributed by atoms with Gasteiger partial charge in [-0.3, -0.25) is 4.79 Å². The van der Waals surface area contributed by atoms with Crippen molar-refractivity contribution in [3.05, 3.63) is 61.0 Å². The minimum atomic E-state index is -1.18. The predicted molar refractivity (Wildman–Crippen MR) is 97.9 cm³/mol. The van der Waals surface area contributed by atoms with Crippen LogP contribution in [0.1, 0.15) is 31.1 Å². The molecule has 0 fully saturated rings. The molecule has 1 rings (SSSR count). The fraction of sp³-hybridized carbons (Fsp3) is 0.316. The van der Waals surface area contributed by atoms with Crippen molar-refractivity contribution in [3.63, 3.8) is 0 Å². The summed E-state index contributed by atoms with van der Waals surface area (Å²) in [5, 5.41) is 11.6.